The molecule has 1 fully saturated rings. The molecule has 0 radical (unpaired) electrons. The van der Waals surface area contributed by atoms with Gasteiger partial charge in [0, 0.05) is 17.0 Å². The fourth-order valence-electron chi connectivity index (χ4n) is 4.90. The number of aromatic hydroxyl groups is 1. The molecule has 4 rings (SSSR count). The molecular formula is C21H18ClNO6. The molecule has 3 atom stereocenters. The highest BCUT2D eigenvalue weighted by Crippen LogP contribution is 2.51. The zero-order valence-corrected chi connectivity index (χ0v) is 16.0. The second kappa shape index (κ2) is 6.49. The number of rotatable bonds is 2. The SMILES string of the molecule is C=C(Cl)c1ccc(O)c2c1CC1CC3CC(=O)C(C(N)=O)=C(O)C3C(=O)C1=C2O. The van der Waals surface area contributed by atoms with Crippen molar-refractivity contribution in [2.45, 2.75) is 19.3 Å². The summed E-state index contributed by atoms with van der Waals surface area (Å²) in [5, 5.41) is 31.9. The van der Waals surface area contributed by atoms with Gasteiger partial charge in [-0.25, -0.2) is 0 Å². The summed E-state index contributed by atoms with van der Waals surface area (Å²) in [5.74, 6) is -5.56. The molecular weight excluding hydrogens is 398 g/mol. The predicted octanol–water partition coefficient (Wildman–Crippen LogP) is 2.52. The molecule has 0 aliphatic heterocycles. The summed E-state index contributed by atoms with van der Waals surface area (Å²) < 4.78 is 0. The van der Waals surface area contributed by atoms with E-state index in [1.165, 1.54) is 6.07 Å². The summed E-state index contributed by atoms with van der Waals surface area (Å²) in [7, 11) is 0. The molecule has 1 aromatic carbocycles. The number of amides is 1. The van der Waals surface area contributed by atoms with Crippen LogP contribution in [0.2, 0.25) is 0 Å². The molecule has 3 aliphatic rings. The third kappa shape index (κ3) is 2.68. The van der Waals surface area contributed by atoms with E-state index in [0.717, 1.165) is 0 Å². The Balaban J connectivity index is 1.90. The summed E-state index contributed by atoms with van der Waals surface area (Å²) >= 11 is 6.07. The quantitative estimate of drug-likeness (QED) is 0.547. The number of nitrogens with two attached hydrogens (primary N) is 1. The zero-order valence-electron chi connectivity index (χ0n) is 15.2. The number of primary amides is 1. The van der Waals surface area contributed by atoms with Gasteiger partial charge >= 0.3 is 0 Å². The number of carbonyl (C=O) groups is 3. The van der Waals surface area contributed by atoms with E-state index in [0.29, 0.717) is 24.0 Å². The Kier molecular flexibility index (Phi) is 4.31. The van der Waals surface area contributed by atoms with Gasteiger partial charge in [0.1, 0.15) is 22.8 Å². The molecule has 0 spiro atoms. The van der Waals surface area contributed by atoms with Crippen molar-refractivity contribution in [2.24, 2.45) is 23.5 Å². The Morgan fingerprint density at radius 3 is 2.48 bits per heavy atom. The molecule has 1 aromatic rings. The molecule has 0 aromatic heterocycles. The van der Waals surface area contributed by atoms with Crippen molar-refractivity contribution >= 4 is 39.9 Å². The molecule has 1 amide bonds. The van der Waals surface area contributed by atoms with Crippen LogP contribution in [0.15, 0.2) is 35.6 Å². The minimum Gasteiger partial charge on any atom is -0.511 e. The summed E-state index contributed by atoms with van der Waals surface area (Å²) in [4.78, 5) is 37.1. The Labute approximate surface area is 170 Å². The summed E-state index contributed by atoms with van der Waals surface area (Å²) in [6.45, 7) is 3.71. The third-order valence-electron chi connectivity index (χ3n) is 6.06. The molecule has 1 saturated carbocycles. The highest BCUT2D eigenvalue weighted by Gasteiger charge is 2.50. The fraction of sp³-hybridized carbons (Fsp3) is 0.286. The van der Waals surface area contributed by atoms with Gasteiger partial charge in [0.15, 0.2) is 11.6 Å². The van der Waals surface area contributed by atoms with Gasteiger partial charge in [0.05, 0.1) is 11.5 Å². The number of fused-ring (bicyclic) bond motifs is 3. The monoisotopic (exact) mass is 415 g/mol. The van der Waals surface area contributed by atoms with Crippen molar-refractivity contribution < 1.29 is 29.7 Å². The first-order chi connectivity index (χ1) is 13.6. The van der Waals surface area contributed by atoms with Gasteiger partial charge in [-0.2, -0.15) is 0 Å². The predicted molar refractivity (Wildman–Crippen MR) is 105 cm³/mol. The number of phenols is 1. The Morgan fingerprint density at radius 1 is 1.17 bits per heavy atom. The first-order valence-corrected chi connectivity index (χ1v) is 9.44. The summed E-state index contributed by atoms with van der Waals surface area (Å²) in [6.07, 6.45) is 0.548. The van der Waals surface area contributed by atoms with Crippen molar-refractivity contribution in [2.75, 3.05) is 0 Å². The summed E-state index contributed by atoms with van der Waals surface area (Å²) in [6, 6.07) is 2.95. The molecule has 7 nitrogen and oxygen atoms in total. The zero-order chi connectivity index (χ0) is 21.2. The van der Waals surface area contributed by atoms with Gasteiger partial charge in [-0.3, -0.25) is 14.4 Å². The maximum atomic E-state index is 13.2. The van der Waals surface area contributed by atoms with Crippen LogP contribution in [0.4, 0.5) is 0 Å². The molecule has 3 aliphatic carbocycles. The van der Waals surface area contributed by atoms with Gasteiger partial charge in [-0.15, -0.1) is 0 Å². The van der Waals surface area contributed by atoms with Crippen molar-refractivity contribution in [3.63, 3.8) is 0 Å². The molecule has 8 heteroatoms. The third-order valence-corrected chi connectivity index (χ3v) is 6.27. The van der Waals surface area contributed by atoms with Crippen LogP contribution >= 0.6 is 11.6 Å². The van der Waals surface area contributed by atoms with E-state index in [2.05, 4.69) is 6.58 Å². The van der Waals surface area contributed by atoms with Crippen LogP contribution in [-0.2, 0) is 20.8 Å². The maximum absolute atomic E-state index is 13.2. The molecule has 29 heavy (non-hydrogen) atoms. The molecule has 5 N–H and O–H groups in total. The molecule has 150 valence electrons. The van der Waals surface area contributed by atoms with E-state index in [-0.39, 0.29) is 34.1 Å². The lowest BCUT2D eigenvalue weighted by atomic mass is 9.61. The van der Waals surface area contributed by atoms with E-state index < -0.39 is 46.6 Å². The largest absolute Gasteiger partial charge is 0.511 e. The topological polar surface area (TPSA) is 138 Å². The number of benzene rings is 1. The number of hydrogen-bond acceptors (Lipinski definition) is 6. The average Bonchev–Trinajstić information content (AvgIpc) is 2.60. The lowest BCUT2D eigenvalue weighted by molar-refractivity contribution is -0.127. The van der Waals surface area contributed by atoms with E-state index in [4.69, 9.17) is 17.3 Å². The van der Waals surface area contributed by atoms with Crippen LogP contribution in [0.1, 0.15) is 29.5 Å². The molecule has 0 bridgehead atoms. The minimum absolute atomic E-state index is 0.0658. The average molecular weight is 416 g/mol. The van der Waals surface area contributed by atoms with Crippen molar-refractivity contribution in [3.8, 4) is 5.75 Å². The lowest BCUT2D eigenvalue weighted by Gasteiger charge is -2.41. The van der Waals surface area contributed by atoms with E-state index in [9.17, 15) is 29.7 Å². The van der Waals surface area contributed by atoms with Gasteiger partial charge in [-0.05, 0) is 47.9 Å². The van der Waals surface area contributed by atoms with Gasteiger partial charge < -0.3 is 21.1 Å². The molecule has 3 unspecified atom stereocenters. The fourth-order valence-corrected chi connectivity index (χ4v) is 5.07. The second-order valence-corrected chi connectivity index (χ2v) is 8.10. The number of hydrogen-bond donors (Lipinski definition) is 4. The van der Waals surface area contributed by atoms with Crippen LogP contribution in [-0.4, -0.2) is 32.8 Å². The highest BCUT2D eigenvalue weighted by molar-refractivity contribution is 6.48. The van der Waals surface area contributed by atoms with Crippen LogP contribution in [0.25, 0.3) is 10.8 Å². The standard InChI is InChI=1S/C21H18ClNO6/c1-7(22)10-2-3-12(24)16-11(10)5-8-4-9-6-13(25)17(21(23)29)20(28)15(9)18(26)14(8)19(16)27/h2-3,8-9,15,24,27-28H,1,4-6H2,(H2,23,29). The first-order valence-electron chi connectivity index (χ1n) is 9.06. The van der Waals surface area contributed by atoms with E-state index in [1.54, 1.807) is 6.07 Å². The van der Waals surface area contributed by atoms with Crippen LogP contribution in [0.5, 0.6) is 5.75 Å². The minimum atomic E-state index is -1.13. The Bertz CT molecular complexity index is 1080. The van der Waals surface area contributed by atoms with Crippen molar-refractivity contribution in [1.29, 1.82) is 0 Å². The normalized spacial score (nSPS) is 26.0. The van der Waals surface area contributed by atoms with Gasteiger partial charge in [0.2, 0.25) is 0 Å². The smallest absolute Gasteiger partial charge is 0.255 e. The number of Topliss-reactive ketones (excluding diaryl/α,β-unsaturated/α-hetero) is 2. The number of ketones is 2. The van der Waals surface area contributed by atoms with Crippen LogP contribution in [0, 0.1) is 17.8 Å². The number of halogens is 1. The molecule has 0 saturated heterocycles. The van der Waals surface area contributed by atoms with Crippen molar-refractivity contribution in [3.05, 3.63) is 52.3 Å². The number of aliphatic hydroxyl groups is 2. The van der Waals surface area contributed by atoms with Crippen molar-refractivity contribution in [1.82, 2.24) is 0 Å². The summed E-state index contributed by atoms with van der Waals surface area (Å²) in [5.41, 5.74) is 5.94. The van der Waals surface area contributed by atoms with E-state index >= 15 is 0 Å². The second-order valence-electron chi connectivity index (χ2n) is 7.64. The number of phenolic OH excluding ortho intramolecular Hbond substituents is 1. The Hall–Kier alpha value is -3.06. The van der Waals surface area contributed by atoms with Gasteiger partial charge in [-0.1, -0.05) is 18.2 Å². The van der Waals surface area contributed by atoms with Crippen LogP contribution in [0.3, 0.4) is 0 Å². The first kappa shape index (κ1) is 19.3. The Morgan fingerprint density at radius 2 is 1.86 bits per heavy atom. The number of allylic oxidation sites excluding steroid dienone is 2. The van der Waals surface area contributed by atoms with Gasteiger partial charge in [0.25, 0.3) is 5.91 Å². The maximum Gasteiger partial charge on any atom is 0.255 e. The lowest BCUT2D eigenvalue weighted by Crippen LogP contribution is -2.44. The van der Waals surface area contributed by atoms with Crippen LogP contribution < -0.4 is 5.73 Å². The highest BCUT2D eigenvalue weighted by atomic mass is 35.5. The number of carbonyl (C=O) groups excluding carboxylic acids is 3. The van der Waals surface area contributed by atoms with E-state index in [1.807, 2.05) is 0 Å². The molecule has 0 heterocycles. The number of aliphatic hydroxyl groups excluding tert-OH is 2.